The summed E-state index contributed by atoms with van der Waals surface area (Å²) in [6.45, 7) is 17.0. The average Bonchev–Trinajstić information content (AvgIpc) is 3.06. The molecule has 0 aromatic carbocycles. The fourth-order valence-corrected chi connectivity index (χ4v) is 2.28. The van der Waals surface area contributed by atoms with Gasteiger partial charge in [0.1, 0.15) is 5.76 Å². The fraction of sp³-hybridized carbons (Fsp3) is 0.579. The van der Waals surface area contributed by atoms with Crippen molar-refractivity contribution in [3.05, 3.63) is 36.4 Å². The van der Waals surface area contributed by atoms with E-state index in [1.54, 1.807) is 39.6 Å². The van der Waals surface area contributed by atoms with E-state index in [0.29, 0.717) is 30.3 Å². The van der Waals surface area contributed by atoms with Crippen molar-refractivity contribution >= 4 is 11.9 Å². The topological polar surface area (TPSA) is 107 Å². The monoisotopic (exact) mass is 394 g/mol. The second-order valence-electron chi connectivity index (χ2n) is 6.85. The highest BCUT2D eigenvalue weighted by molar-refractivity contribution is 5.90. The quantitative estimate of drug-likeness (QED) is 0.347. The van der Waals surface area contributed by atoms with Crippen molar-refractivity contribution in [1.29, 1.82) is 0 Å². The molecule has 0 saturated carbocycles. The predicted octanol–water partition coefficient (Wildman–Crippen LogP) is 2.55. The van der Waals surface area contributed by atoms with Gasteiger partial charge < -0.3 is 24.1 Å². The third kappa shape index (κ3) is 6.71. The number of likely N-dealkylation sites (N-methyl/N-ethyl adjacent to an activating group) is 1. The smallest absolute Gasteiger partial charge is 0.309 e. The Morgan fingerprint density at radius 2 is 1.89 bits per heavy atom. The van der Waals surface area contributed by atoms with Crippen LogP contribution < -0.4 is 5.32 Å². The Hall–Kier alpha value is -2.84. The van der Waals surface area contributed by atoms with Crippen LogP contribution in [0.2, 0.25) is 0 Å². The first-order valence-corrected chi connectivity index (χ1v) is 9.07. The van der Waals surface area contributed by atoms with Crippen LogP contribution in [0.3, 0.4) is 0 Å². The van der Waals surface area contributed by atoms with Gasteiger partial charge in [-0.2, -0.15) is 0 Å². The number of carbonyl (C=O) groups is 2. The molecule has 156 valence electrons. The van der Waals surface area contributed by atoms with E-state index >= 15 is 0 Å². The lowest BCUT2D eigenvalue weighted by molar-refractivity contribution is -0.171. The SMILES string of the molecule is C=C(CN(C)C(=C)C(C)(C)NC(=O)c1nnc(C)o1)OC(CC)OC(=O)CC. The number of esters is 1. The van der Waals surface area contributed by atoms with Crippen LogP contribution in [0.5, 0.6) is 0 Å². The summed E-state index contributed by atoms with van der Waals surface area (Å²) in [4.78, 5) is 25.5. The maximum Gasteiger partial charge on any atom is 0.309 e. The number of aryl methyl sites for hydroxylation is 1. The van der Waals surface area contributed by atoms with Crippen molar-refractivity contribution in [3.8, 4) is 0 Å². The summed E-state index contributed by atoms with van der Waals surface area (Å²) >= 11 is 0. The lowest BCUT2D eigenvalue weighted by Crippen LogP contribution is -2.49. The first-order valence-electron chi connectivity index (χ1n) is 9.07. The maximum absolute atomic E-state index is 12.3. The van der Waals surface area contributed by atoms with Gasteiger partial charge in [0.05, 0.1) is 12.1 Å². The number of hydrogen-bond acceptors (Lipinski definition) is 8. The molecular formula is C19H30N4O5. The summed E-state index contributed by atoms with van der Waals surface area (Å²) in [7, 11) is 1.79. The van der Waals surface area contributed by atoms with Crippen molar-refractivity contribution in [3.63, 3.8) is 0 Å². The molecule has 1 amide bonds. The van der Waals surface area contributed by atoms with Crippen LogP contribution in [0.4, 0.5) is 0 Å². The summed E-state index contributed by atoms with van der Waals surface area (Å²) < 4.78 is 15.9. The second-order valence-corrected chi connectivity index (χ2v) is 6.85. The zero-order valence-corrected chi connectivity index (χ0v) is 17.5. The molecule has 0 saturated heterocycles. The van der Waals surface area contributed by atoms with E-state index in [0.717, 1.165) is 0 Å². The van der Waals surface area contributed by atoms with Crippen molar-refractivity contribution in [2.75, 3.05) is 13.6 Å². The molecule has 1 rings (SSSR count). The van der Waals surface area contributed by atoms with Gasteiger partial charge in [0.2, 0.25) is 12.2 Å². The Morgan fingerprint density at radius 3 is 2.39 bits per heavy atom. The summed E-state index contributed by atoms with van der Waals surface area (Å²) in [6, 6.07) is 0. The highest BCUT2D eigenvalue weighted by atomic mass is 16.7. The van der Waals surface area contributed by atoms with Gasteiger partial charge in [0.15, 0.2) is 0 Å². The molecule has 1 unspecified atom stereocenters. The normalized spacial score (nSPS) is 12.1. The highest BCUT2D eigenvalue weighted by Crippen LogP contribution is 2.20. The van der Waals surface area contributed by atoms with E-state index in [9.17, 15) is 9.59 Å². The number of nitrogens with zero attached hydrogens (tertiary/aromatic N) is 3. The van der Waals surface area contributed by atoms with Gasteiger partial charge in [-0.1, -0.05) is 27.0 Å². The van der Waals surface area contributed by atoms with E-state index < -0.39 is 17.7 Å². The lowest BCUT2D eigenvalue weighted by Gasteiger charge is -2.35. The summed E-state index contributed by atoms with van der Waals surface area (Å²) in [5.41, 5.74) is -0.187. The van der Waals surface area contributed by atoms with Gasteiger partial charge in [-0.25, -0.2) is 0 Å². The third-order valence-corrected chi connectivity index (χ3v) is 3.93. The van der Waals surface area contributed by atoms with Gasteiger partial charge in [-0.15, -0.1) is 10.2 Å². The predicted molar refractivity (Wildman–Crippen MR) is 103 cm³/mol. The number of aromatic nitrogens is 2. The van der Waals surface area contributed by atoms with E-state index in [1.807, 2.05) is 6.92 Å². The van der Waals surface area contributed by atoms with E-state index in [-0.39, 0.29) is 18.3 Å². The largest absolute Gasteiger partial charge is 0.458 e. The molecule has 0 spiro atoms. The van der Waals surface area contributed by atoms with Crippen LogP contribution in [-0.2, 0) is 14.3 Å². The lowest BCUT2D eigenvalue weighted by atomic mass is 10.0. The molecule has 1 aromatic heterocycles. The van der Waals surface area contributed by atoms with Crippen LogP contribution >= 0.6 is 0 Å². The maximum atomic E-state index is 12.3. The molecule has 0 aliphatic rings. The standard InChI is InChI=1S/C19H30N4O5/c1-9-15(24)28-16(10-2)26-12(3)11-23(8)13(4)19(6,7)20-17(25)18-22-21-14(5)27-18/h16H,3-4,9-11H2,1-2,5-8H3,(H,20,25). The van der Waals surface area contributed by atoms with Gasteiger partial charge in [0.25, 0.3) is 0 Å². The van der Waals surface area contributed by atoms with Crippen LogP contribution in [0.1, 0.15) is 57.1 Å². The molecule has 1 N–H and O–H groups in total. The molecule has 9 heteroatoms. The highest BCUT2D eigenvalue weighted by Gasteiger charge is 2.29. The first-order chi connectivity index (χ1) is 13.0. The molecule has 0 aliphatic carbocycles. The van der Waals surface area contributed by atoms with Gasteiger partial charge in [0, 0.05) is 32.5 Å². The molecule has 1 atom stereocenters. The van der Waals surface area contributed by atoms with Crippen LogP contribution in [0.25, 0.3) is 0 Å². The van der Waals surface area contributed by atoms with Gasteiger partial charge in [-0.05, 0) is 13.8 Å². The van der Waals surface area contributed by atoms with E-state index in [1.165, 1.54) is 0 Å². The summed E-state index contributed by atoms with van der Waals surface area (Å²) in [5, 5.41) is 10.2. The van der Waals surface area contributed by atoms with Gasteiger partial charge >= 0.3 is 17.8 Å². The minimum Gasteiger partial charge on any atom is -0.458 e. The van der Waals surface area contributed by atoms with Crippen LogP contribution in [-0.4, -0.2) is 52.4 Å². The number of rotatable bonds is 11. The number of nitrogens with one attached hydrogen (secondary N) is 1. The zero-order chi connectivity index (χ0) is 21.5. The summed E-state index contributed by atoms with van der Waals surface area (Å²) in [6.07, 6.45) is 0.0898. The molecule has 0 radical (unpaired) electrons. The Kier molecular flexibility index (Phi) is 8.21. The van der Waals surface area contributed by atoms with Crippen molar-refractivity contribution < 1.29 is 23.5 Å². The van der Waals surface area contributed by atoms with Crippen LogP contribution in [0.15, 0.2) is 29.0 Å². The number of hydrogen-bond donors (Lipinski definition) is 1. The molecule has 0 aliphatic heterocycles. The second kappa shape index (κ2) is 9.91. The minimum atomic E-state index is -0.798. The Balaban J connectivity index is 2.64. The van der Waals surface area contributed by atoms with E-state index in [2.05, 4.69) is 28.7 Å². The van der Waals surface area contributed by atoms with Gasteiger partial charge in [-0.3, -0.25) is 9.59 Å². The van der Waals surface area contributed by atoms with Crippen LogP contribution in [0, 0.1) is 6.92 Å². The molecule has 0 fully saturated rings. The molecule has 9 nitrogen and oxygen atoms in total. The Bertz CT molecular complexity index is 726. The third-order valence-electron chi connectivity index (χ3n) is 3.93. The number of ether oxygens (including phenoxy) is 2. The molecule has 0 bridgehead atoms. The molecule has 1 heterocycles. The summed E-state index contributed by atoms with van der Waals surface area (Å²) in [5.74, 6) is -0.224. The zero-order valence-electron chi connectivity index (χ0n) is 17.5. The van der Waals surface area contributed by atoms with Crippen molar-refractivity contribution in [2.24, 2.45) is 0 Å². The molecular weight excluding hydrogens is 364 g/mol. The van der Waals surface area contributed by atoms with Crippen molar-refractivity contribution in [2.45, 2.75) is 59.3 Å². The number of carbonyl (C=O) groups excluding carboxylic acids is 2. The average molecular weight is 394 g/mol. The Labute approximate surface area is 165 Å². The van der Waals surface area contributed by atoms with E-state index in [4.69, 9.17) is 13.9 Å². The molecule has 1 aromatic rings. The Morgan fingerprint density at radius 1 is 1.25 bits per heavy atom. The number of amides is 1. The molecule has 28 heavy (non-hydrogen) atoms. The van der Waals surface area contributed by atoms with Crippen molar-refractivity contribution in [1.82, 2.24) is 20.4 Å². The minimum absolute atomic E-state index is 0.114. The first kappa shape index (κ1) is 23.2. The fourth-order valence-electron chi connectivity index (χ4n) is 2.28.